The molecule has 0 saturated heterocycles. The van der Waals surface area contributed by atoms with E-state index >= 15 is 0 Å². The van der Waals surface area contributed by atoms with E-state index in [2.05, 4.69) is 5.32 Å². The molecule has 0 heterocycles. The van der Waals surface area contributed by atoms with Crippen LogP contribution in [-0.2, 0) is 28.4 Å². The third-order valence-corrected chi connectivity index (χ3v) is 2.21. The topological polar surface area (TPSA) is 84.5 Å². The molecule has 0 aliphatic heterocycles. The van der Waals surface area contributed by atoms with E-state index < -0.39 is 6.09 Å². The third-order valence-electron chi connectivity index (χ3n) is 2.21. The molecular weight excluding hydrogens is 282 g/mol. The second kappa shape index (κ2) is 17.1. The first-order valence-corrected chi connectivity index (χ1v) is 6.93. The highest BCUT2D eigenvalue weighted by Crippen LogP contribution is 1.83. The van der Waals surface area contributed by atoms with Crippen molar-refractivity contribution >= 4 is 6.09 Å². The SMILES string of the molecule is COCCOCCNC(=O)OCCOCCOCCOC. The van der Waals surface area contributed by atoms with E-state index in [1.165, 1.54) is 0 Å². The molecular formula is C13H27NO7. The van der Waals surface area contributed by atoms with Gasteiger partial charge in [0, 0.05) is 20.8 Å². The van der Waals surface area contributed by atoms with Gasteiger partial charge >= 0.3 is 6.09 Å². The Morgan fingerprint density at radius 1 is 0.714 bits per heavy atom. The van der Waals surface area contributed by atoms with Gasteiger partial charge in [-0.25, -0.2) is 4.79 Å². The van der Waals surface area contributed by atoms with Crippen LogP contribution >= 0.6 is 0 Å². The summed E-state index contributed by atoms with van der Waals surface area (Å²) >= 11 is 0. The fourth-order valence-corrected chi connectivity index (χ4v) is 1.18. The Morgan fingerprint density at radius 3 is 1.76 bits per heavy atom. The van der Waals surface area contributed by atoms with Crippen LogP contribution in [0.3, 0.4) is 0 Å². The van der Waals surface area contributed by atoms with Crippen molar-refractivity contribution in [2.24, 2.45) is 0 Å². The van der Waals surface area contributed by atoms with Crippen LogP contribution in [-0.4, -0.2) is 86.3 Å². The Labute approximate surface area is 126 Å². The molecule has 0 rings (SSSR count). The smallest absolute Gasteiger partial charge is 0.407 e. The van der Waals surface area contributed by atoms with Gasteiger partial charge in [0.25, 0.3) is 0 Å². The number of amides is 1. The predicted octanol–water partition coefficient (Wildman–Crippen LogP) is 0.0552. The maximum absolute atomic E-state index is 11.2. The lowest BCUT2D eigenvalue weighted by atomic mass is 10.6. The second-order valence-corrected chi connectivity index (χ2v) is 3.89. The van der Waals surface area contributed by atoms with Crippen LogP contribution in [0.2, 0.25) is 0 Å². The van der Waals surface area contributed by atoms with E-state index in [1.54, 1.807) is 14.2 Å². The summed E-state index contributed by atoms with van der Waals surface area (Å²) in [4.78, 5) is 11.2. The van der Waals surface area contributed by atoms with Gasteiger partial charge in [-0.1, -0.05) is 0 Å². The van der Waals surface area contributed by atoms with Crippen LogP contribution in [0.4, 0.5) is 4.79 Å². The molecule has 21 heavy (non-hydrogen) atoms. The van der Waals surface area contributed by atoms with Crippen molar-refractivity contribution in [2.45, 2.75) is 0 Å². The van der Waals surface area contributed by atoms with Gasteiger partial charge in [-0.2, -0.15) is 0 Å². The van der Waals surface area contributed by atoms with Crippen LogP contribution in [0.25, 0.3) is 0 Å². The zero-order valence-corrected chi connectivity index (χ0v) is 12.9. The molecule has 0 fully saturated rings. The maximum atomic E-state index is 11.2. The number of ether oxygens (including phenoxy) is 6. The second-order valence-electron chi connectivity index (χ2n) is 3.89. The molecule has 0 aromatic rings. The normalized spacial score (nSPS) is 10.6. The lowest BCUT2D eigenvalue weighted by molar-refractivity contribution is 0.0128. The highest BCUT2D eigenvalue weighted by molar-refractivity contribution is 5.66. The fraction of sp³-hybridized carbons (Fsp3) is 0.923. The number of alkyl carbamates (subject to hydrolysis) is 1. The van der Waals surface area contributed by atoms with Crippen LogP contribution in [0.1, 0.15) is 0 Å². The first-order valence-electron chi connectivity index (χ1n) is 6.93. The van der Waals surface area contributed by atoms with E-state index in [4.69, 9.17) is 28.4 Å². The van der Waals surface area contributed by atoms with Gasteiger partial charge in [-0.15, -0.1) is 0 Å². The molecule has 0 radical (unpaired) electrons. The lowest BCUT2D eigenvalue weighted by Crippen LogP contribution is -2.29. The minimum Gasteiger partial charge on any atom is -0.447 e. The van der Waals surface area contributed by atoms with Crippen LogP contribution in [0.15, 0.2) is 0 Å². The summed E-state index contributed by atoms with van der Waals surface area (Å²) in [6.07, 6.45) is -0.481. The van der Waals surface area contributed by atoms with E-state index in [1.807, 2.05) is 0 Å². The van der Waals surface area contributed by atoms with Crippen molar-refractivity contribution in [1.82, 2.24) is 5.32 Å². The van der Waals surface area contributed by atoms with Crippen molar-refractivity contribution in [2.75, 3.05) is 80.2 Å². The Balaban J connectivity index is 3.12. The first-order chi connectivity index (χ1) is 10.3. The number of nitrogens with one attached hydrogen (secondary N) is 1. The Kier molecular flexibility index (Phi) is 16.4. The number of hydrogen-bond acceptors (Lipinski definition) is 7. The van der Waals surface area contributed by atoms with Gasteiger partial charge in [0.15, 0.2) is 0 Å². The fourth-order valence-electron chi connectivity index (χ4n) is 1.18. The van der Waals surface area contributed by atoms with Gasteiger partial charge in [-0.05, 0) is 0 Å². The minimum atomic E-state index is -0.481. The van der Waals surface area contributed by atoms with Crippen LogP contribution in [0.5, 0.6) is 0 Å². The largest absolute Gasteiger partial charge is 0.447 e. The highest BCUT2D eigenvalue weighted by Gasteiger charge is 2.00. The molecule has 0 aliphatic rings. The average molecular weight is 309 g/mol. The molecule has 0 aromatic heterocycles. The van der Waals surface area contributed by atoms with E-state index in [0.717, 1.165) is 0 Å². The minimum absolute atomic E-state index is 0.203. The molecule has 0 atom stereocenters. The van der Waals surface area contributed by atoms with E-state index in [-0.39, 0.29) is 6.61 Å². The predicted molar refractivity (Wildman–Crippen MR) is 75.6 cm³/mol. The van der Waals surface area contributed by atoms with Gasteiger partial charge in [0.1, 0.15) is 6.61 Å². The molecule has 8 nitrogen and oxygen atoms in total. The summed E-state index contributed by atoms with van der Waals surface area (Å²) in [7, 11) is 3.22. The number of carbonyl (C=O) groups is 1. The molecule has 0 bridgehead atoms. The van der Waals surface area contributed by atoms with Crippen LogP contribution < -0.4 is 5.32 Å². The first kappa shape index (κ1) is 20.1. The Bertz CT molecular complexity index is 229. The monoisotopic (exact) mass is 309 g/mol. The van der Waals surface area contributed by atoms with Gasteiger partial charge in [-0.3, -0.25) is 0 Å². The Morgan fingerprint density at radius 2 is 1.19 bits per heavy atom. The van der Waals surface area contributed by atoms with E-state index in [9.17, 15) is 4.79 Å². The van der Waals surface area contributed by atoms with Crippen molar-refractivity contribution in [3.05, 3.63) is 0 Å². The summed E-state index contributed by atoms with van der Waals surface area (Å²) in [6.45, 7) is 4.48. The summed E-state index contributed by atoms with van der Waals surface area (Å²) in [6, 6.07) is 0. The van der Waals surface area contributed by atoms with Crippen molar-refractivity contribution in [1.29, 1.82) is 0 Å². The van der Waals surface area contributed by atoms with Gasteiger partial charge < -0.3 is 33.7 Å². The quantitative estimate of drug-likeness (QED) is 0.428. The van der Waals surface area contributed by atoms with Crippen LogP contribution in [0, 0.1) is 0 Å². The van der Waals surface area contributed by atoms with Crippen molar-refractivity contribution in [3.63, 3.8) is 0 Å². The number of rotatable bonds is 15. The zero-order chi connectivity index (χ0) is 15.6. The summed E-state index contributed by atoms with van der Waals surface area (Å²) in [5.41, 5.74) is 0. The van der Waals surface area contributed by atoms with Crippen molar-refractivity contribution < 1.29 is 33.2 Å². The standard InChI is InChI=1S/C13H27NO7/c1-16-5-7-18-4-3-14-13(15)21-12-11-20-10-9-19-8-6-17-2/h3-12H2,1-2H3,(H,14,15). The summed E-state index contributed by atoms with van der Waals surface area (Å²) in [5.74, 6) is 0. The lowest BCUT2D eigenvalue weighted by Gasteiger charge is -2.08. The number of carbonyl (C=O) groups excluding carboxylic acids is 1. The molecule has 0 spiro atoms. The van der Waals surface area contributed by atoms with Gasteiger partial charge in [0.2, 0.25) is 0 Å². The molecule has 1 amide bonds. The highest BCUT2D eigenvalue weighted by atomic mass is 16.6. The van der Waals surface area contributed by atoms with Gasteiger partial charge in [0.05, 0.1) is 52.9 Å². The third kappa shape index (κ3) is 17.0. The summed E-state index contributed by atoms with van der Waals surface area (Å²) < 4.78 is 30.1. The molecule has 0 unspecified atom stereocenters. The number of hydrogen-bond donors (Lipinski definition) is 1. The van der Waals surface area contributed by atoms with Crippen molar-refractivity contribution in [3.8, 4) is 0 Å². The summed E-state index contributed by atoms with van der Waals surface area (Å²) in [5, 5.41) is 2.56. The molecule has 0 saturated carbocycles. The zero-order valence-electron chi connectivity index (χ0n) is 12.9. The molecule has 126 valence electrons. The molecule has 0 aromatic carbocycles. The molecule has 0 aliphatic carbocycles. The Hall–Kier alpha value is -0.930. The number of methoxy groups -OCH3 is 2. The average Bonchev–Trinajstić information content (AvgIpc) is 2.49. The van der Waals surface area contributed by atoms with E-state index in [0.29, 0.717) is 59.4 Å². The molecule has 1 N–H and O–H groups in total. The molecule has 8 heteroatoms. The maximum Gasteiger partial charge on any atom is 0.407 e.